The fourth-order valence-corrected chi connectivity index (χ4v) is 8.40. The number of aromatic amines is 2. The van der Waals surface area contributed by atoms with E-state index in [1.807, 2.05) is 30.3 Å². The van der Waals surface area contributed by atoms with E-state index in [4.69, 9.17) is 26.3 Å². The molecule has 0 radical (unpaired) electrons. The molecule has 66 heavy (non-hydrogen) atoms. The number of sulfonamides is 2. The minimum absolute atomic E-state index is 0.0359. The van der Waals surface area contributed by atoms with Crippen LogP contribution in [0.15, 0.2) is 118 Å². The monoisotopic (exact) mass is 953 g/mol. The van der Waals surface area contributed by atoms with Crippen molar-refractivity contribution in [3.8, 4) is 0 Å². The third-order valence-corrected chi connectivity index (χ3v) is 12.5. The molecular weight excluding hydrogens is 918 g/mol. The Kier molecular flexibility index (Phi) is 13.4. The molecule has 0 saturated carbocycles. The van der Waals surface area contributed by atoms with E-state index in [0.717, 1.165) is 27.5 Å². The van der Waals surface area contributed by atoms with Crippen molar-refractivity contribution < 1.29 is 36.4 Å². The van der Waals surface area contributed by atoms with Gasteiger partial charge in [-0.3, -0.25) is 15.0 Å². The van der Waals surface area contributed by atoms with Crippen LogP contribution >= 0.6 is 11.6 Å². The zero-order valence-corrected chi connectivity index (χ0v) is 36.3. The Bertz CT molecular complexity index is 3390. The molecule has 0 aliphatic rings. The first kappa shape index (κ1) is 44.9. The van der Waals surface area contributed by atoms with Gasteiger partial charge >= 0.3 is 0 Å². The van der Waals surface area contributed by atoms with Gasteiger partial charge in [-0.2, -0.15) is 30.1 Å². The van der Waals surface area contributed by atoms with Gasteiger partial charge in [0.2, 0.25) is 31.9 Å². The molecule has 0 unspecified atom stereocenters. The topological polar surface area (TPSA) is 333 Å². The lowest BCUT2D eigenvalue weighted by Gasteiger charge is -2.12. The maximum Gasteiger partial charge on any atom is 0.264 e. The number of benzene rings is 4. The van der Waals surface area contributed by atoms with Gasteiger partial charge in [-0.05, 0) is 84.9 Å². The van der Waals surface area contributed by atoms with E-state index < -0.39 is 20.0 Å². The summed E-state index contributed by atoms with van der Waals surface area (Å²) in [6, 6.07) is 23.1. The number of hydrogen-bond acceptors (Lipinski definition) is 19. The number of H-pyrrole nitrogens is 2. The highest BCUT2D eigenvalue weighted by Gasteiger charge is 2.18. The van der Waals surface area contributed by atoms with E-state index in [-0.39, 0.29) is 70.2 Å². The number of nitrogens with zero attached hydrogens (tertiary/aromatic N) is 7. The van der Waals surface area contributed by atoms with Crippen LogP contribution in [-0.2, 0) is 20.0 Å². The summed E-state index contributed by atoms with van der Waals surface area (Å²) < 4.78 is 58.4. The fourth-order valence-electron chi connectivity index (χ4n) is 6.15. The van der Waals surface area contributed by atoms with Gasteiger partial charge in [-0.15, -0.1) is 0 Å². The Morgan fingerprint density at radius 3 is 1.61 bits per heavy atom. The van der Waals surface area contributed by atoms with E-state index in [1.165, 1.54) is 42.6 Å². The zero-order valence-electron chi connectivity index (χ0n) is 33.9. The lowest BCUT2D eigenvalue weighted by molar-refractivity contribution is 0.112. The maximum atomic E-state index is 12.2. The van der Waals surface area contributed by atoms with Crippen molar-refractivity contribution >= 4 is 117 Å². The molecule has 4 aromatic carbocycles. The third kappa shape index (κ3) is 10.5. The van der Waals surface area contributed by atoms with Gasteiger partial charge < -0.3 is 36.0 Å². The molecule has 5 heterocycles. The van der Waals surface area contributed by atoms with Crippen molar-refractivity contribution in [2.24, 2.45) is 0 Å². The predicted molar refractivity (Wildman–Crippen MR) is 245 cm³/mol. The predicted octanol–water partition coefficient (Wildman–Crippen LogP) is 4.83. The Balaban J connectivity index is 0.000000179. The number of anilines is 8. The van der Waals surface area contributed by atoms with Crippen molar-refractivity contribution in [3.05, 3.63) is 114 Å². The number of nitrogens with one attached hydrogen (secondary N) is 8. The molecule has 9 aromatic rings. The number of hydrogen-bond donors (Lipinski definition) is 10. The molecule has 5 aromatic heterocycles. The minimum Gasteiger partial charge on any atom is -0.395 e. The number of rotatable bonds is 17. The lowest BCUT2D eigenvalue weighted by Crippen LogP contribution is -2.26. The number of fused-ring (bicyclic) bond motifs is 3. The van der Waals surface area contributed by atoms with E-state index in [0.29, 0.717) is 34.6 Å². The van der Waals surface area contributed by atoms with Crippen LogP contribution < -0.4 is 30.7 Å². The van der Waals surface area contributed by atoms with E-state index >= 15 is 0 Å². The minimum atomic E-state index is -3.73. The van der Waals surface area contributed by atoms with Crippen LogP contribution in [-0.4, -0.2) is 105 Å². The first-order valence-electron chi connectivity index (χ1n) is 19.4. The molecule has 0 aliphatic heterocycles. The summed E-state index contributed by atoms with van der Waals surface area (Å²) in [5, 5.41) is 49.8. The second kappa shape index (κ2) is 19.6. The molecule has 26 heteroatoms. The van der Waals surface area contributed by atoms with Crippen molar-refractivity contribution in [2.75, 3.05) is 47.6 Å². The zero-order chi connectivity index (χ0) is 46.3. The number of aromatic nitrogens is 9. The summed E-state index contributed by atoms with van der Waals surface area (Å²) in [6.07, 6.45) is 5.48. The standard InChI is InChI=1S/C20H18ClN7O4S.C20H18N8O4S/c21-18-16(11-30)19(24-14-3-6-17-12(9-14)10-22-28-17)27-20(26-18)25-13-1-4-15(5-2-13)33(31,32)23-7-8-29;29-8-7-23-33(30,31)15-4-1-13(2-5-15)25-20-26-18(16-11-22-32-19(16)27-20)24-14-3-6-17-12(9-14)10-21-28-17/h1-6,9-11,23,29H,7-8H2,(H,22,28)(H2,24,25,26,27);1-6,9-11,23,29H,7-8H2,(H,21,28)(H2,24,25,26,27). The summed E-state index contributed by atoms with van der Waals surface area (Å²) in [6.45, 7) is -0.732. The van der Waals surface area contributed by atoms with Crippen LogP contribution in [0.3, 0.4) is 0 Å². The first-order chi connectivity index (χ1) is 31.9. The van der Waals surface area contributed by atoms with Gasteiger partial charge in [0.1, 0.15) is 22.2 Å². The van der Waals surface area contributed by atoms with Crippen LogP contribution in [0.4, 0.5) is 46.3 Å². The van der Waals surface area contributed by atoms with Crippen LogP contribution in [0.2, 0.25) is 5.15 Å². The average molecular weight is 954 g/mol. The molecule has 23 nitrogen and oxygen atoms in total. The van der Waals surface area contributed by atoms with Crippen molar-refractivity contribution in [1.82, 2.24) is 54.9 Å². The summed E-state index contributed by atoms with van der Waals surface area (Å²) in [4.78, 5) is 29.0. The summed E-state index contributed by atoms with van der Waals surface area (Å²) >= 11 is 6.19. The number of aldehydes is 1. The van der Waals surface area contributed by atoms with Gasteiger partial charge in [-0.1, -0.05) is 16.8 Å². The number of halogens is 1. The molecule has 0 amide bonds. The van der Waals surface area contributed by atoms with Gasteiger partial charge in [-0.25, -0.2) is 26.3 Å². The second-order valence-corrected chi connectivity index (χ2v) is 17.7. The van der Waals surface area contributed by atoms with Crippen molar-refractivity contribution in [1.29, 1.82) is 0 Å². The van der Waals surface area contributed by atoms with Crippen molar-refractivity contribution in [3.63, 3.8) is 0 Å². The molecular formula is C40H36ClN15O8S2. The van der Waals surface area contributed by atoms with Gasteiger partial charge in [0.25, 0.3) is 5.71 Å². The van der Waals surface area contributed by atoms with Crippen LogP contribution in [0.1, 0.15) is 10.4 Å². The van der Waals surface area contributed by atoms with E-state index in [9.17, 15) is 21.6 Å². The highest BCUT2D eigenvalue weighted by atomic mass is 35.5. The molecule has 0 aliphatic carbocycles. The van der Waals surface area contributed by atoms with Gasteiger partial charge in [0, 0.05) is 46.6 Å². The molecule has 0 fully saturated rings. The Morgan fingerprint density at radius 1 is 0.606 bits per heavy atom. The molecule has 0 atom stereocenters. The van der Waals surface area contributed by atoms with E-state index in [1.54, 1.807) is 30.6 Å². The molecule has 0 spiro atoms. The largest absolute Gasteiger partial charge is 0.395 e. The summed E-state index contributed by atoms with van der Waals surface area (Å²) in [5.74, 6) is 1.02. The summed E-state index contributed by atoms with van der Waals surface area (Å²) in [7, 11) is -7.42. The van der Waals surface area contributed by atoms with Crippen LogP contribution in [0.5, 0.6) is 0 Å². The molecule has 338 valence electrons. The lowest BCUT2D eigenvalue weighted by atomic mass is 10.2. The average Bonchev–Trinajstić information content (AvgIpc) is 4.10. The second-order valence-electron chi connectivity index (χ2n) is 13.8. The van der Waals surface area contributed by atoms with Crippen LogP contribution in [0, 0.1) is 0 Å². The highest BCUT2D eigenvalue weighted by Crippen LogP contribution is 2.30. The normalized spacial score (nSPS) is 11.6. The molecule has 0 bridgehead atoms. The fraction of sp³-hybridized carbons (Fsp3) is 0.100. The number of carbonyl (C=O) groups is 1. The molecule has 10 N–H and O–H groups in total. The quantitative estimate of drug-likeness (QED) is 0.0431. The Labute approximate surface area is 378 Å². The molecule has 9 rings (SSSR count). The SMILES string of the molecule is O=Cc1c(Cl)nc(Nc2ccc(S(=O)(=O)NCCO)cc2)nc1Nc1ccc2[nH]ncc2c1.O=S(=O)(NCCO)c1ccc(Nc2nc(Nc3ccc4[nH]ncc4c3)c3cnoc3n2)cc1. The van der Waals surface area contributed by atoms with Crippen molar-refractivity contribution in [2.45, 2.75) is 9.79 Å². The van der Waals surface area contributed by atoms with Gasteiger partial charge in [0.15, 0.2) is 6.29 Å². The Hall–Kier alpha value is -7.65. The van der Waals surface area contributed by atoms with Crippen LogP contribution in [0.25, 0.3) is 32.9 Å². The summed E-state index contributed by atoms with van der Waals surface area (Å²) in [5.41, 5.74) is 4.67. The number of aliphatic hydroxyl groups excluding tert-OH is 2. The third-order valence-electron chi connectivity index (χ3n) is 9.30. The molecule has 0 saturated heterocycles. The maximum absolute atomic E-state index is 12.2. The van der Waals surface area contributed by atoms with Gasteiger partial charge in [0.05, 0.1) is 58.2 Å². The highest BCUT2D eigenvalue weighted by molar-refractivity contribution is 7.89. The number of aliphatic hydroxyl groups is 2. The smallest absolute Gasteiger partial charge is 0.264 e. The Morgan fingerprint density at radius 2 is 1.09 bits per heavy atom. The number of carbonyl (C=O) groups excluding carboxylic acids is 1. The first-order valence-corrected chi connectivity index (χ1v) is 22.8. The van der Waals surface area contributed by atoms with E-state index in [2.05, 4.69) is 76.2 Å².